The van der Waals surface area contributed by atoms with E-state index in [1.807, 2.05) is 13.8 Å². The minimum absolute atomic E-state index is 0.0815. The Labute approximate surface area is 87.8 Å². The van der Waals surface area contributed by atoms with Crippen molar-refractivity contribution in [2.24, 2.45) is 5.92 Å². The van der Waals surface area contributed by atoms with Crippen molar-refractivity contribution >= 4 is 0 Å². The van der Waals surface area contributed by atoms with Gasteiger partial charge in [0.2, 0.25) is 11.6 Å². The summed E-state index contributed by atoms with van der Waals surface area (Å²) in [5, 5.41) is 0. The predicted molar refractivity (Wildman–Crippen MR) is 53.2 cm³/mol. The number of hydrogen-bond donors (Lipinski definition) is 0. The highest BCUT2D eigenvalue weighted by Crippen LogP contribution is 2.27. The lowest BCUT2D eigenvalue weighted by Crippen LogP contribution is -2.06. The maximum absolute atomic E-state index is 13.3. The largest absolute Gasteiger partial charge is 0.494 e. The molecule has 1 rings (SSSR count). The molecule has 84 valence electrons. The summed E-state index contributed by atoms with van der Waals surface area (Å²) in [6.45, 7) is 4.21. The van der Waals surface area contributed by atoms with Crippen LogP contribution in [0.1, 0.15) is 13.8 Å². The second-order valence-corrected chi connectivity index (χ2v) is 3.60. The van der Waals surface area contributed by atoms with Crippen LogP contribution in [-0.4, -0.2) is 13.7 Å². The molecule has 0 atom stereocenters. The van der Waals surface area contributed by atoms with Crippen molar-refractivity contribution in [1.29, 1.82) is 0 Å². The second kappa shape index (κ2) is 4.96. The number of halogens is 2. The maximum Gasteiger partial charge on any atom is 0.204 e. The van der Waals surface area contributed by atoms with Crippen LogP contribution in [-0.2, 0) is 0 Å². The van der Waals surface area contributed by atoms with Gasteiger partial charge in [0.05, 0.1) is 13.7 Å². The van der Waals surface area contributed by atoms with Crippen molar-refractivity contribution < 1.29 is 18.3 Å². The number of rotatable bonds is 4. The number of ether oxygens (including phenoxy) is 2. The summed E-state index contributed by atoms with van der Waals surface area (Å²) in [5.74, 6) is -1.96. The lowest BCUT2D eigenvalue weighted by molar-refractivity contribution is 0.253. The van der Waals surface area contributed by atoms with Crippen LogP contribution in [0.5, 0.6) is 11.5 Å². The van der Waals surface area contributed by atoms with Gasteiger partial charge in [-0.05, 0) is 18.1 Å². The van der Waals surface area contributed by atoms with Gasteiger partial charge in [0.25, 0.3) is 0 Å². The molecule has 1 aromatic rings. The zero-order valence-electron chi connectivity index (χ0n) is 9.01. The summed E-state index contributed by atoms with van der Waals surface area (Å²) >= 11 is 0. The second-order valence-electron chi connectivity index (χ2n) is 3.60. The Balaban J connectivity index is 2.87. The third-order valence-electron chi connectivity index (χ3n) is 1.80. The molecule has 0 aromatic heterocycles. The molecule has 0 radical (unpaired) electrons. The highest BCUT2D eigenvalue weighted by molar-refractivity contribution is 5.34. The van der Waals surface area contributed by atoms with Crippen molar-refractivity contribution in [3.63, 3.8) is 0 Å². The van der Waals surface area contributed by atoms with Crippen LogP contribution >= 0.6 is 0 Å². The minimum Gasteiger partial charge on any atom is -0.494 e. The van der Waals surface area contributed by atoms with Crippen LogP contribution in [0, 0.1) is 17.6 Å². The van der Waals surface area contributed by atoms with Gasteiger partial charge in [0.15, 0.2) is 11.5 Å². The van der Waals surface area contributed by atoms with E-state index in [2.05, 4.69) is 4.74 Å². The van der Waals surface area contributed by atoms with Crippen LogP contribution in [0.2, 0.25) is 0 Å². The van der Waals surface area contributed by atoms with Crippen molar-refractivity contribution in [3.8, 4) is 11.5 Å². The molecule has 0 heterocycles. The maximum atomic E-state index is 13.3. The molecule has 0 unspecified atom stereocenters. The third kappa shape index (κ3) is 2.81. The SMILES string of the molecule is COc1ccc(OCC(C)C)c(F)c1F. The molecule has 1 aromatic carbocycles. The van der Waals surface area contributed by atoms with Gasteiger partial charge in [-0.3, -0.25) is 0 Å². The van der Waals surface area contributed by atoms with Crippen molar-refractivity contribution in [2.45, 2.75) is 13.8 Å². The summed E-state index contributed by atoms with van der Waals surface area (Å²) in [4.78, 5) is 0. The molecule has 0 aliphatic heterocycles. The first-order valence-corrected chi connectivity index (χ1v) is 4.71. The van der Waals surface area contributed by atoms with E-state index in [1.54, 1.807) is 0 Å². The number of hydrogen-bond acceptors (Lipinski definition) is 2. The molecule has 0 amide bonds. The van der Waals surface area contributed by atoms with E-state index in [9.17, 15) is 8.78 Å². The molecule has 0 bridgehead atoms. The molecule has 4 heteroatoms. The average Bonchev–Trinajstić information content (AvgIpc) is 2.20. The van der Waals surface area contributed by atoms with Gasteiger partial charge in [-0.25, -0.2) is 0 Å². The van der Waals surface area contributed by atoms with Gasteiger partial charge in [-0.2, -0.15) is 8.78 Å². The summed E-state index contributed by atoms with van der Waals surface area (Å²) in [5.41, 5.74) is 0. The summed E-state index contributed by atoms with van der Waals surface area (Å²) in [6.07, 6.45) is 0. The lowest BCUT2D eigenvalue weighted by Gasteiger charge is -2.11. The number of methoxy groups -OCH3 is 1. The van der Waals surface area contributed by atoms with Gasteiger partial charge < -0.3 is 9.47 Å². The quantitative estimate of drug-likeness (QED) is 0.770. The molecule has 0 aliphatic carbocycles. The van der Waals surface area contributed by atoms with Gasteiger partial charge in [-0.15, -0.1) is 0 Å². The molecule has 0 N–H and O–H groups in total. The summed E-state index contributed by atoms with van der Waals surface area (Å²) in [6, 6.07) is 2.70. The van der Waals surface area contributed by atoms with E-state index >= 15 is 0 Å². The Morgan fingerprint density at radius 3 is 2.20 bits per heavy atom. The fourth-order valence-electron chi connectivity index (χ4n) is 1.04. The molecule has 2 nitrogen and oxygen atoms in total. The standard InChI is InChI=1S/C11H14F2O2/c1-7(2)6-15-9-5-4-8(14-3)10(12)11(9)13/h4-5,7H,6H2,1-3H3. The first kappa shape index (κ1) is 11.8. The smallest absolute Gasteiger partial charge is 0.204 e. The molecule has 0 saturated heterocycles. The molecule has 0 aliphatic rings. The van der Waals surface area contributed by atoms with Gasteiger partial charge in [0, 0.05) is 0 Å². The van der Waals surface area contributed by atoms with Gasteiger partial charge in [0.1, 0.15) is 0 Å². The Morgan fingerprint density at radius 2 is 1.67 bits per heavy atom. The Kier molecular flexibility index (Phi) is 3.88. The molecule has 15 heavy (non-hydrogen) atoms. The summed E-state index contributed by atoms with van der Waals surface area (Å²) in [7, 11) is 1.28. The van der Waals surface area contributed by atoms with Crippen LogP contribution in [0.4, 0.5) is 8.78 Å². The van der Waals surface area contributed by atoms with Crippen molar-refractivity contribution in [2.75, 3.05) is 13.7 Å². The first-order valence-electron chi connectivity index (χ1n) is 4.71. The average molecular weight is 216 g/mol. The van der Waals surface area contributed by atoms with E-state index in [-0.39, 0.29) is 17.4 Å². The summed E-state index contributed by atoms with van der Waals surface area (Å²) < 4.78 is 36.3. The zero-order chi connectivity index (χ0) is 11.4. The molecular formula is C11H14F2O2. The topological polar surface area (TPSA) is 18.5 Å². The van der Waals surface area contributed by atoms with E-state index in [1.165, 1.54) is 19.2 Å². The van der Waals surface area contributed by atoms with E-state index in [4.69, 9.17) is 4.74 Å². The lowest BCUT2D eigenvalue weighted by atomic mass is 10.2. The van der Waals surface area contributed by atoms with Crippen LogP contribution < -0.4 is 9.47 Å². The van der Waals surface area contributed by atoms with E-state index in [0.29, 0.717) is 6.61 Å². The van der Waals surface area contributed by atoms with Gasteiger partial charge >= 0.3 is 0 Å². The van der Waals surface area contributed by atoms with Gasteiger partial charge in [-0.1, -0.05) is 13.8 Å². The van der Waals surface area contributed by atoms with E-state index < -0.39 is 11.6 Å². The Morgan fingerprint density at radius 1 is 1.13 bits per heavy atom. The molecule has 0 spiro atoms. The van der Waals surface area contributed by atoms with E-state index in [0.717, 1.165) is 0 Å². The zero-order valence-corrected chi connectivity index (χ0v) is 9.01. The highest BCUT2D eigenvalue weighted by atomic mass is 19.2. The molecular weight excluding hydrogens is 202 g/mol. The fourth-order valence-corrected chi connectivity index (χ4v) is 1.04. The normalized spacial score (nSPS) is 10.5. The molecule has 0 saturated carbocycles. The van der Waals surface area contributed by atoms with Crippen molar-refractivity contribution in [1.82, 2.24) is 0 Å². The highest BCUT2D eigenvalue weighted by Gasteiger charge is 2.14. The third-order valence-corrected chi connectivity index (χ3v) is 1.80. The minimum atomic E-state index is -1.02. The van der Waals surface area contributed by atoms with Crippen molar-refractivity contribution in [3.05, 3.63) is 23.8 Å². The molecule has 0 fully saturated rings. The Hall–Kier alpha value is -1.32. The monoisotopic (exact) mass is 216 g/mol. The number of benzene rings is 1. The Bertz CT molecular complexity index is 338. The van der Waals surface area contributed by atoms with Crippen LogP contribution in [0.25, 0.3) is 0 Å². The van der Waals surface area contributed by atoms with Crippen LogP contribution in [0.15, 0.2) is 12.1 Å². The first-order chi connectivity index (χ1) is 7.06. The fraction of sp³-hybridized carbons (Fsp3) is 0.455. The predicted octanol–water partition coefficient (Wildman–Crippen LogP) is 3.01. The van der Waals surface area contributed by atoms with Crippen LogP contribution in [0.3, 0.4) is 0 Å².